The lowest BCUT2D eigenvalue weighted by atomic mass is 9.92. The topological polar surface area (TPSA) is 397 Å². The molecule has 678 valence electrons. The molecule has 12 heterocycles. The number of alkyl halides is 2. The zero-order valence-corrected chi connectivity index (χ0v) is 78.8. The number of hydrogen-bond donors (Lipinski definition) is 8. The number of rotatable bonds is 24. The van der Waals surface area contributed by atoms with E-state index in [4.69, 9.17) is 4.74 Å². The van der Waals surface area contributed by atoms with E-state index in [2.05, 4.69) is 121 Å². The first-order valence-electron chi connectivity index (χ1n) is 44.2. The molecule has 16 aromatic rings. The van der Waals surface area contributed by atoms with Gasteiger partial charge in [-0.25, -0.2) is 53.4 Å². The summed E-state index contributed by atoms with van der Waals surface area (Å²) in [5.74, 6) is -2.91. The van der Waals surface area contributed by atoms with Gasteiger partial charge in [-0.3, -0.25) is 38.9 Å². The molecule has 4 aromatic carbocycles. The number of carbonyl (C=O) groups excluding carboxylic acids is 8. The summed E-state index contributed by atoms with van der Waals surface area (Å²) < 4.78 is 53.1. The summed E-state index contributed by atoms with van der Waals surface area (Å²) in [6.45, 7) is 10.3. The van der Waals surface area contributed by atoms with E-state index in [0.717, 1.165) is 217 Å². The number of pyridine rings is 4. The molecule has 0 radical (unpaired) electrons. The highest BCUT2D eigenvalue weighted by Gasteiger charge is 2.37. The predicted octanol–water partition coefficient (Wildman–Crippen LogP) is 21.7. The maximum Gasteiger partial charge on any atom is 0.413 e. The molecule has 132 heavy (non-hydrogen) atoms. The molecule has 29 nitrogen and oxygen atoms in total. The van der Waals surface area contributed by atoms with Crippen molar-refractivity contribution in [3.63, 3.8) is 0 Å². The summed E-state index contributed by atoms with van der Waals surface area (Å²) in [5.41, 5.74) is 12.2. The van der Waals surface area contributed by atoms with Gasteiger partial charge < -0.3 is 42.0 Å². The van der Waals surface area contributed by atoms with Crippen LogP contribution in [0.5, 0.6) is 0 Å². The summed E-state index contributed by atoms with van der Waals surface area (Å²) in [4.78, 5) is 138. The summed E-state index contributed by atoms with van der Waals surface area (Å²) in [6.07, 6.45) is 21.7. The average Bonchev–Trinajstić information content (AvgIpc) is 1.64. The Morgan fingerprint density at radius 2 is 0.727 bits per heavy atom. The van der Waals surface area contributed by atoms with Crippen molar-refractivity contribution in [3.8, 4) is 44.5 Å². The Kier molecular flexibility index (Phi) is 27.3. The average molecular weight is 1930 g/mol. The van der Waals surface area contributed by atoms with Gasteiger partial charge in [0.25, 0.3) is 23.6 Å². The van der Waals surface area contributed by atoms with E-state index in [1.807, 2.05) is 104 Å². The SMILES string of the molecule is CCC(CC)NC(=O)c1nsc2ncc(-c3ccc4nc(NC(=O)C5CC5)sc4c3)cc12.CCCC(C)NC(=O)c1nsc2ncc(-c3ccc4nc(NC(=O)C5CC5)sc4c3)cc12.CCOC(=O)Nc1nc2ccc(-c3cnc4snc(C(=O)NC5CCCCC5)c4c3)cc2s1.O=C(NC1CCC(F)(F)CC1)c1nsc2ncc(-c3ccc4nc(NC(=O)C5CC5)sc4c3)cc12. The molecule has 0 spiro atoms. The van der Waals surface area contributed by atoms with Gasteiger partial charge >= 0.3 is 6.09 Å². The van der Waals surface area contributed by atoms with Gasteiger partial charge in [0.1, 0.15) is 19.3 Å². The third kappa shape index (κ3) is 21.4. The molecule has 0 bridgehead atoms. The monoisotopic (exact) mass is 1920 g/mol. The van der Waals surface area contributed by atoms with Gasteiger partial charge in [0, 0.05) is 123 Å². The summed E-state index contributed by atoms with van der Waals surface area (Å²) in [5, 5.41) is 28.7. The second-order valence-corrected chi connectivity index (χ2v) is 40.6. The van der Waals surface area contributed by atoms with Crippen LogP contribution in [0.4, 0.5) is 34.1 Å². The molecule has 21 rings (SSSR count). The minimum Gasteiger partial charge on any atom is -0.450 e. The summed E-state index contributed by atoms with van der Waals surface area (Å²) in [7, 11) is 0. The second-order valence-electron chi connectivity index (χ2n) is 33.4. The maximum absolute atomic E-state index is 13.4. The quantitative estimate of drug-likeness (QED) is 0.0278. The fourth-order valence-electron chi connectivity index (χ4n) is 15.6. The van der Waals surface area contributed by atoms with Gasteiger partial charge in [-0.1, -0.05) is 116 Å². The van der Waals surface area contributed by atoms with E-state index in [-0.39, 0.29) is 115 Å². The zero-order valence-electron chi connectivity index (χ0n) is 72.3. The van der Waals surface area contributed by atoms with E-state index in [1.165, 1.54) is 86.4 Å². The Bertz CT molecular complexity index is 7090. The number of benzene rings is 4. The molecular weight excluding hydrogens is 1840 g/mol. The Morgan fingerprint density at radius 1 is 0.402 bits per heavy atom. The Morgan fingerprint density at radius 3 is 1.05 bits per heavy atom. The van der Waals surface area contributed by atoms with Gasteiger partial charge in [-0.2, -0.15) is 17.5 Å². The van der Waals surface area contributed by atoms with Crippen molar-refractivity contribution in [2.24, 2.45) is 17.8 Å². The minimum atomic E-state index is -2.64. The molecule has 8 N–H and O–H groups in total. The van der Waals surface area contributed by atoms with E-state index in [9.17, 15) is 47.1 Å². The Labute approximate surface area is 787 Å². The van der Waals surface area contributed by atoms with E-state index >= 15 is 0 Å². The van der Waals surface area contributed by atoms with Crippen molar-refractivity contribution in [1.82, 2.24) is 78.6 Å². The fraction of sp³-hybridized carbons (Fsp3) is 0.355. The van der Waals surface area contributed by atoms with Crippen LogP contribution in [-0.4, -0.2) is 142 Å². The lowest BCUT2D eigenvalue weighted by molar-refractivity contribution is -0.118. The molecule has 5 saturated carbocycles. The summed E-state index contributed by atoms with van der Waals surface area (Å²) >= 11 is 10.6. The Hall–Kier alpha value is -12.0. The molecule has 0 aliphatic heterocycles. The number of amides is 8. The van der Waals surface area contributed by atoms with Crippen LogP contribution < -0.4 is 42.5 Å². The van der Waals surface area contributed by atoms with Crippen molar-refractivity contribution < 1.29 is 51.9 Å². The van der Waals surface area contributed by atoms with Gasteiger partial charge in [-0.05, 0) is 238 Å². The van der Waals surface area contributed by atoms with Crippen molar-refractivity contribution in [3.05, 3.63) is 145 Å². The van der Waals surface area contributed by atoms with Gasteiger partial charge in [0.15, 0.2) is 43.3 Å². The van der Waals surface area contributed by atoms with Crippen LogP contribution in [0.25, 0.3) is 126 Å². The third-order valence-corrected chi connectivity index (χ3v) is 30.3. The molecule has 8 amide bonds. The number of halogens is 2. The fourth-order valence-corrected chi connectivity index (χ4v) is 22.1. The molecule has 1 unspecified atom stereocenters. The van der Waals surface area contributed by atoms with Crippen LogP contribution in [0.1, 0.15) is 199 Å². The molecular formula is C93H90F2N20O9S8. The summed E-state index contributed by atoms with van der Waals surface area (Å²) in [6, 6.07) is 31.7. The first-order valence-corrected chi connectivity index (χ1v) is 50.5. The van der Waals surface area contributed by atoms with Crippen molar-refractivity contribution in [1.29, 1.82) is 0 Å². The number of hydrogen-bond acceptors (Lipinski definition) is 29. The highest BCUT2D eigenvalue weighted by molar-refractivity contribution is 7.23. The number of nitrogens with zero attached hydrogens (tertiary/aromatic N) is 12. The lowest BCUT2D eigenvalue weighted by Crippen LogP contribution is -2.40. The number of nitrogens with one attached hydrogen (secondary N) is 8. The largest absolute Gasteiger partial charge is 0.450 e. The number of thiazole rings is 4. The number of aromatic nitrogens is 12. The normalized spacial score (nSPS) is 15.3. The van der Waals surface area contributed by atoms with Crippen LogP contribution in [-0.2, 0) is 19.1 Å². The van der Waals surface area contributed by atoms with Crippen LogP contribution in [0.3, 0.4) is 0 Å². The van der Waals surface area contributed by atoms with Gasteiger partial charge in [-0.15, -0.1) is 0 Å². The molecule has 0 saturated heterocycles. The predicted molar refractivity (Wildman–Crippen MR) is 522 cm³/mol. The first kappa shape index (κ1) is 90.6. The van der Waals surface area contributed by atoms with E-state index < -0.39 is 12.0 Å². The smallest absolute Gasteiger partial charge is 0.413 e. The molecule has 12 aromatic heterocycles. The van der Waals surface area contributed by atoms with Crippen LogP contribution in [0.15, 0.2) is 122 Å². The van der Waals surface area contributed by atoms with Crippen LogP contribution in [0, 0.1) is 17.8 Å². The van der Waals surface area contributed by atoms with Gasteiger partial charge in [0.05, 0.1) is 47.5 Å². The van der Waals surface area contributed by atoms with E-state index in [1.54, 1.807) is 31.7 Å². The molecule has 1 atom stereocenters. The van der Waals surface area contributed by atoms with Crippen LogP contribution >= 0.6 is 91.5 Å². The second kappa shape index (κ2) is 39.8. The lowest BCUT2D eigenvalue weighted by Gasteiger charge is -2.28. The van der Waals surface area contributed by atoms with E-state index in [0.29, 0.717) is 54.4 Å². The number of fused-ring (bicyclic) bond motifs is 8. The first-order chi connectivity index (χ1) is 64.0. The Balaban J connectivity index is 0.000000118. The third-order valence-electron chi connectivity index (χ3n) is 23.5. The van der Waals surface area contributed by atoms with Crippen LogP contribution in [0.2, 0.25) is 0 Å². The molecule has 5 aliphatic rings. The number of carbonyl (C=O) groups is 8. The van der Waals surface area contributed by atoms with Gasteiger partial charge in [0.2, 0.25) is 23.6 Å². The standard InChI is InChI=1S/C24H21F2N5O2S2.C23H23N5O3S2.2C23H23N5O2S2/c25-24(26)7-5-15(6-8-24)28-21(33)19-16-9-14(11-27-22(16)35-31-19)13-3-4-17-18(10-13)34-23(29-17)30-20(32)12-1-2-12;1-2-31-23(30)27-22-26-17-9-8-13(11-18(17)32-22)14-10-16-19(28-33-21(16)24-12-14)20(29)25-15-6-4-3-5-7-15;1-3-4-12(2)25-21(30)19-16-9-15(11-24-22(16)32-28-19)14-7-8-17-18(10-14)31-23(26-17)27-20(29)13-5-6-13;1-3-15(4-2)25-21(30)19-16-9-14(11-24-22(16)32-28-19)13-7-8-17-18(10-13)31-23(26-17)27-20(29)12-5-6-12/h3-4,9-12,15H,1-2,5-8H2,(H,28,33)(H,29,30,32);8-12,15H,2-7H2,1H3,(H,25,29)(H,26,27,30);7-13H,3-6H2,1-2H3,(H,25,30)(H,26,27,29);7-12,15H,3-6H2,1-2H3,(H,25,30)(H,26,27,29). The highest BCUT2D eigenvalue weighted by Crippen LogP contribution is 2.42. The maximum atomic E-state index is 13.4. The van der Waals surface area contributed by atoms with Crippen molar-refractivity contribution in [2.45, 2.75) is 187 Å². The molecule has 39 heteroatoms. The number of anilines is 4. The number of ether oxygens (including phenoxy) is 1. The molecule has 5 fully saturated rings. The highest BCUT2D eigenvalue weighted by atomic mass is 32.1. The minimum absolute atomic E-state index is 0.0247. The molecule has 5 aliphatic carbocycles. The van der Waals surface area contributed by atoms with Crippen molar-refractivity contribution in [2.75, 3.05) is 27.9 Å². The zero-order chi connectivity index (χ0) is 91.4. The van der Waals surface area contributed by atoms with Crippen molar-refractivity contribution >= 4 is 241 Å².